The van der Waals surface area contributed by atoms with Crippen LogP contribution in [0.25, 0.3) is 0 Å². The summed E-state index contributed by atoms with van der Waals surface area (Å²) in [6.07, 6.45) is 5.12. The van der Waals surface area contributed by atoms with Crippen molar-refractivity contribution in [2.45, 2.75) is 19.4 Å². The molecule has 0 bridgehead atoms. The van der Waals surface area contributed by atoms with Crippen LogP contribution in [0.5, 0.6) is 0 Å². The Morgan fingerprint density at radius 2 is 1.80 bits per heavy atom. The Balaban J connectivity index is 1.48. The van der Waals surface area contributed by atoms with E-state index in [1.54, 1.807) is 48.7 Å². The van der Waals surface area contributed by atoms with Gasteiger partial charge in [-0.15, -0.1) is 0 Å². The Bertz CT molecular complexity index is 751. The largest absolute Gasteiger partial charge is 0.488 e. The van der Waals surface area contributed by atoms with Crippen LogP contribution in [0, 0.1) is 0 Å². The van der Waals surface area contributed by atoms with Crippen molar-refractivity contribution in [3.63, 3.8) is 0 Å². The van der Waals surface area contributed by atoms with Gasteiger partial charge in [-0.05, 0) is 55.3 Å². The van der Waals surface area contributed by atoms with Crippen molar-refractivity contribution in [2.24, 2.45) is 0 Å². The molecule has 2 heterocycles. The second kappa shape index (κ2) is 8.05. The molecule has 0 spiro atoms. The monoisotopic (exact) mass is 341 g/mol. The molecule has 0 atom stereocenters. The predicted octanol–water partition coefficient (Wildman–Crippen LogP) is 3.23. The molecule has 3 amide bonds. The first-order valence-corrected chi connectivity index (χ1v) is 8.02. The molecule has 0 unspecified atom stereocenters. The molecule has 1 aromatic carbocycles. The highest BCUT2D eigenvalue weighted by atomic mass is 16.5. The zero-order chi connectivity index (χ0) is 17.5. The van der Waals surface area contributed by atoms with Crippen LogP contribution < -0.4 is 16.0 Å². The number of hydrogen-bond donors (Lipinski definition) is 3. The van der Waals surface area contributed by atoms with Crippen LogP contribution in [0.15, 0.2) is 58.9 Å². The molecule has 1 aliphatic rings. The number of furan rings is 1. The molecule has 2 aromatic rings. The SMILES string of the molecule is O=C(NCc1ccco1)Nc1ccc(NC(=O)C2=CCCCO2)cc1. The maximum absolute atomic E-state index is 12.0. The molecule has 1 aliphatic heterocycles. The lowest BCUT2D eigenvalue weighted by Crippen LogP contribution is -2.28. The Hall–Kier alpha value is -3.22. The van der Waals surface area contributed by atoms with Gasteiger partial charge in [0.1, 0.15) is 5.76 Å². The predicted molar refractivity (Wildman–Crippen MR) is 92.9 cm³/mol. The van der Waals surface area contributed by atoms with E-state index in [0.717, 1.165) is 12.8 Å². The number of urea groups is 1. The van der Waals surface area contributed by atoms with Gasteiger partial charge in [0.25, 0.3) is 5.91 Å². The lowest BCUT2D eigenvalue weighted by Gasteiger charge is -2.14. The zero-order valence-electron chi connectivity index (χ0n) is 13.6. The van der Waals surface area contributed by atoms with Crippen LogP contribution in [-0.2, 0) is 16.1 Å². The van der Waals surface area contributed by atoms with E-state index in [4.69, 9.17) is 9.15 Å². The number of hydrogen-bond acceptors (Lipinski definition) is 4. The van der Waals surface area contributed by atoms with Gasteiger partial charge in [-0.1, -0.05) is 0 Å². The third-order valence-corrected chi connectivity index (χ3v) is 3.56. The number of rotatable bonds is 5. The molecule has 0 fully saturated rings. The fraction of sp³-hybridized carbons (Fsp3) is 0.222. The van der Waals surface area contributed by atoms with Crippen LogP contribution in [0.2, 0.25) is 0 Å². The molecule has 0 saturated carbocycles. The zero-order valence-corrected chi connectivity index (χ0v) is 13.6. The first-order chi connectivity index (χ1) is 12.2. The summed E-state index contributed by atoms with van der Waals surface area (Å²) >= 11 is 0. The molecule has 0 saturated heterocycles. The third kappa shape index (κ3) is 4.87. The van der Waals surface area contributed by atoms with Gasteiger partial charge in [-0.2, -0.15) is 0 Å². The van der Waals surface area contributed by atoms with E-state index < -0.39 is 0 Å². The molecule has 25 heavy (non-hydrogen) atoms. The molecule has 7 heteroatoms. The highest BCUT2D eigenvalue weighted by molar-refractivity contribution is 6.02. The molecule has 3 rings (SSSR count). The summed E-state index contributed by atoms with van der Waals surface area (Å²) in [5.74, 6) is 0.759. The molecule has 0 aliphatic carbocycles. The van der Waals surface area contributed by atoms with Gasteiger partial charge >= 0.3 is 6.03 Å². The van der Waals surface area contributed by atoms with Crippen molar-refractivity contribution in [1.82, 2.24) is 5.32 Å². The van der Waals surface area contributed by atoms with Crippen molar-refractivity contribution in [2.75, 3.05) is 17.2 Å². The average Bonchev–Trinajstić information content (AvgIpc) is 3.16. The first kappa shape index (κ1) is 16.6. The van der Waals surface area contributed by atoms with Gasteiger partial charge in [-0.3, -0.25) is 4.79 Å². The lowest BCUT2D eigenvalue weighted by atomic mass is 10.2. The van der Waals surface area contributed by atoms with E-state index >= 15 is 0 Å². The highest BCUT2D eigenvalue weighted by Gasteiger charge is 2.13. The summed E-state index contributed by atoms with van der Waals surface area (Å²) in [5, 5.41) is 8.16. The minimum absolute atomic E-state index is 0.267. The molecule has 1 aromatic heterocycles. The van der Waals surface area contributed by atoms with Gasteiger partial charge in [0.2, 0.25) is 0 Å². The van der Waals surface area contributed by atoms with Gasteiger partial charge in [0, 0.05) is 11.4 Å². The van der Waals surface area contributed by atoms with Crippen molar-refractivity contribution in [1.29, 1.82) is 0 Å². The fourth-order valence-corrected chi connectivity index (χ4v) is 2.30. The first-order valence-electron chi connectivity index (χ1n) is 8.02. The van der Waals surface area contributed by atoms with Crippen LogP contribution >= 0.6 is 0 Å². The van der Waals surface area contributed by atoms with E-state index in [0.29, 0.717) is 36.0 Å². The van der Waals surface area contributed by atoms with Crippen molar-refractivity contribution < 1.29 is 18.7 Å². The van der Waals surface area contributed by atoms with Gasteiger partial charge in [-0.25, -0.2) is 4.79 Å². The van der Waals surface area contributed by atoms with E-state index in [1.807, 2.05) is 0 Å². The molecule has 0 radical (unpaired) electrons. The molecular weight excluding hydrogens is 322 g/mol. The highest BCUT2D eigenvalue weighted by Crippen LogP contribution is 2.16. The van der Waals surface area contributed by atoms with Crippen LogP contribution in [-0.4, -0.2) is 18.5 Å². The Morgan fingerprint density at radius 1 is 1.04 bits per heavy atom. The summed E-state index contributed by atoms with van der Waals surface area (Å²) in [6.45, 7) is 0.872. The maximum atomic E-state index is 12.0. The van der Waals surface area contributed by atoms with Gasteiger partial charge in [0.15, 0.2) is 5.76 Å². The summed E-state index contributed by atoms with van der Waals surface area (Å²) in [4.78, 5) is 23.9. The minimum Gasteiger partial charge on any atom is -0.488 e. The summed E-state index contributed by atoms with van der Waals surface area (Å²) < 4.78 is 10.5. The number of benzene rings is 1. The van der Waals surface area contributed by atoms with Crippen molar-refractivity contribution in [3.8, 4) is 0 Å². The molecule has 3 N–H and O–H groups in total. The number of nitrogens with one attached hydrogen (secondary N) is 3. The smallest absolute Gasteiger partial charge is 0.319 e. The van der Waals surface area contributed by atoms with Crippen LogP contribution in [0.4, 0.5) is 16.2 Å². The Labute approximate surface area is 145 Å². The second-order valence-electron chi connectivity index (χ2n) is 5.48. The van der Waals surface area contributed by atoms with Gasteiger partial charge in [0.05, 0.1) is 19.4 Å². The average molecular weight is 341 g/mol. The van der Waals surface area contributed by atoms with E-state index in [1.165, 1.54) is 0 Å². The Morgan fingerprint density at radius 3 is 2.44 bits per heavy atom. The second-order valence-corrected chi connectivity index (χ2v) is 5.48. The molecule has 130 valence electrons. The summed E-state index contributed by atoms with van der Waals surface area (Å²) in [6, 6.07) is 10.0. The molecular formula is C18H19N3O4. The van der Waals surface area contributed by atoms with Crippen molar-refractivity contribution in [3.05, 3.63) is 60.3 Å². The number of carbonyl (C=O) groups is 2. The topological polar surface area (TPSA) is 92.6 Å². The van der Waals surface area contributed by atoms with Gasteiger partial charge < -0.3 is 25.1 Å². The quantitative estimate of drug-likeness (QED) is 0.778. The van der Waals surface area contributed by atoms with E-state index in [2.05, 4.69) is 16.0 Å². The van der Waals surface area contributed by atoms with Crippen molar-refractivity contribution >= 4 is 23.3 Å². The number of ether oxygens (including phenoxy) is 1. The Kier molecular flexibility index (Phi) is 5.36. The maximum Gasteiger partial charge on any atom is 0.319 e. The number of carbonyl (C=O) groups excluding carboxylic acids is 2. The summed E-state index contributed by atoms with van der Waals surface area (Å²) in [5.41, 5.74) is 1.24. The lowest BCUT2D eigenvalue weighted by molar-refractivity contribution is -0.116. The standard InChI is InChI=1S/C18H19N3O4/c22-17(16-5-1-2-10-25-16)20-13-6-8-14(9-7-13)21-18(23)19-12-15-4-3-11-24-15/h3-9,11H,1-2,10,12H2,(H,20,22)(H2,19,21,23). The van der Waals surface area contributed by atoms with Crippen LogP contribution in [0.3, 0.4) is 0 Å². The normalized spacial score (nSPS) is 13.4. The number of anilines is 2. The molecule has 7 nitrogen and oxygen atoms in total. The third-order valence-electron chi connectivity index (χ3n) is 3.56. The minimum atomic E-state index is -0.339. The number of allylic oxidation sites excluding steroid dienone is 1. The van der Waals surface area contributed by atoms with E-state index in [-0.39, 0.29) is 11.9 Å². The summed E-state index contributed by atoms with van der Waals surface area (Å²) in [7, 11) is 0. The number of amides is 3. The van der Waals surface area contributed by atoms with Crippen LogP contribution in [0.1, 0.15) is 18.6 Å². The fourth-order valence-electron chi connectivity index (χ4n) is 2.30. The van der Waals surface area contributed by atoms with E-state index in [9.17, 15) is 9.59 Å².